The smallest absolute Gasteiger partial charge is 0.161 e. The van der Waals surface area contributed by atoms with Crippen molar-refractivity contribution in [2.24, 2.45) is 0 Å². The predicted molar refractivity (Wildman–Crippen MR) is 71.7 cm³/mol. The quantitative estimate of drug-likeness (QED) is 0.755. The van der Waals surface area contributed by atoms with Crippen LogP contribution in [0.4, 0.5) is 4.39 Å². The third-order valence-corrected chi connectivity index (χ3v) is 3.02. The lowest BCUT2D eigenvalue weighted by atomic mass is 10.1. The van der Waals surface area contributed by atoms with Crippen LogP contribution in [0.1, 0.15) is 11.1 Å². The summed E-state index contributed by atoms with van der Waals surface area (Å²) in [5.74, 6) is -0.729. The van der Waals surface area contributed by atoms with E-state index < -0.39 is 5.82 Å². The van der Waals surface area contributed by atoms with E-state index in [4.69, 9.17) is 11.6 Å². The van der Waals surface area contributed by atoms with Gasteiger partial charge in [-0.1, -0.05) is 29.8 Å². The molecule has 0 spiro atoms. The fourth-order valence-electron chi connectivity index (χ4n) is 1.71. The maximum Gasteiger partial charge on any atom is 0.161 e. The molecule has 0 atom stereocenters. The number of benzene rings is 2. The summed E-state index contributed by atoms with van der Waals surface area (Å²) in [5, 5.41) is 22.1. The number of nitrogens with one attached hydrogen (secondary N) is 1. The number of rotatable bonds is 4. The molecule has 5 heteroatoms. The normalized spacial score (nSPS) is 10.6. The highest BCUT2D eigenvalue weighted by Gasteiger charge is 2.05. The van der Waals surface area contributed by atoms with Gasteiger partial charge in [-0.3, -0.25) is 0 Å². The van der Waals surface area contributed by atoms with Crippen LogP contribution in [0.15, 0.2) is 36.4 Å². The number of halogens is 2. The molecule has 0 aliphatic rings. The second-order valence-corrected chi connectivity index (χ2v) is 4.54. The monoisotopic (exact) mass is 281 g/mol. The molecule has 0 fully saturated rings. The average Bonchev–Trinajstić information content (AvgIpc) is 2.39. The number of para-hydroxylation sites is 1. The molecule has 0 bridgehead atoms. The Hall–Kier alpha value is -1.78. The summed E-state index contributed by atoms with van der Waals surface area (Å²) in [6.07, 6.45) is 0. The standard InChI is InChI=1S/C14H13ClFNO2/c15-11-6-9(4-5-12(11)16)7-17-8-10-2-1-3-13(18)14(10)19/h1-6,17-19H,7-8H2. The van der Waals surface area contributed by atoms with E-state index >= 15 is 0 Å². The van der Waals surface area contributed by atoms with E-state index in [-0.39, 0.29) is 16.5 Å². The molecule has 0 saturated heterocycles. The highest BCUT2D eigenvalue weighted by Crippen LogP contribution is 2.27. The first-order valence-electron chi connectivity index (χ1n) is 5.72. The summed E-state index contributed by atoms with van der Waals surface area (Å²) in [4.78, 5) is 0. The predicted octanol–water partition coefficient (Wildman–Crippen LogP) is 3.18. The number of phenols is 2. The number of phenolic OH excluding ortho intramolecular Hbond substituents is 2. The molecule has 0 aliphatic heterocycles. The minimum Gasteiger partial charge on any atom is -0.504 e. The van der Waals surface area contributed by atoms with E-state index in [1.807, 2.05) is 0 Å². The van der Waals surface area contributed by atoms with Gasteiger partial charge in [-0.05, 0) is 23.8 Å². The van der Waals surface area contributed by atoms with Gasteiger partial charge in [-0.2, -0.15) is 0 Å². The van der Waals surface area contributed by atoms with Crippen molar-refractivity contribution in [2.75, 3.05) is 0 Å². The molecule has 0 aliphatic carbocycles. The van der Waals surface area contributed by atoms with Gasteiger partial charge < -0.3 is 15.5 Å². The third-order valence-electron chi connectivity index (χ3n) is 2.73. The van der Waals surface area contributed by atoms with Gasteiger partial charge in [0, 0.05) is 18.7 Å². The van der Waals surface area contributed by atoms with Gasteiger partial charge in [0.25, 0.3) is 0 Å². The van der Waals surface area contributed by atoms with E-state index in [0.29, 0.717) is 18.7 Å². The van der Waals surface area contributed by atoms with Gasteiger partial charge in [0.2, 0.25) is 0 Å². The molecule has 0 unspecified atom stereocenters. The van der Waals surface area contributed by atoms with Gasteiger partial charge in [0.15, 0.2) is 11.5 Å². The Bertz CT molecular complexity index is 590. The number of hydrogen-bond donors (Lipinski definition) is 3. The van der Waals surface area contributed by atoms with Crippen molar-refractivity contribution in [3.8, 4) is 11.5 Å². The molecule has 2 aromatic rings. The zero-order valence-corrected chi connectivity index (χ0v) is 10.8. The first-order valence-corrected chi connectivity index (χ1v) is 6.10. The second-order valence-electron chi connectivity index (χ2n) is 4.14. The third kappa shape index (κ3) is 3.36. The molecule has 0 saturated carbocycles. The van der Waals surface area contributed by atoms with Crippen molar-refractivity contribution in [3.63, 3.8) is 0 Å². The van der Waals surface area contributed by atoms with Crippen LogP contribution in [0.5, 0.6) is 11.5 Å². The zero-order valence-electron chi connectivity index (χ0n) is 10.0. The van der Waals surface area contributed by atoms with Crippen LogP contribution in [0.2, 0.25) is 5.02 Å². The number of aromatic hydroxyl groups is 2. The Balaban J connectivity index is 1.96. The van der Waals surface area contributed by atoms with E-state index in [2.05, 4.69) is 5.32 Å². The summed E-state index contributed by atoms with van der Waals surface area (Å²) < 4.78 is 13.0. The molecule has 3 N–H and O–H groups in total. The van der Waals surface area contributed by atoms with E-state index in [0.717, 1.165) is 5.56 Å². The molecule has 0 radical (unpaired) electrons. The summed E-state index contributed by atoms with van der Waals surface area (Å²) >= 11 is 5.68. The van der Waals surface area contributed by atoms with E-state index in [1.54, 1.807) is 24.3 Å². The van der Waals surface area contributed by atoms with Crippen molar-refractivity contribution < 1.29 is 14.6 Å². The van der Waals surface area contributed by atoms with Crippen LogP contribution < -0.4 is 5.32 Å². The minimum absolute atomic E-state index is 0.0829. The Morgan fingerprint density at radius 2 is 1.89 bits per heavy atom. The Morgan fingerprint density at radius 3 is 2.63 bits per heavy atom. The first-order chi connectivity index (χ1) is 9.08. The topological polar surface area (TPSA) is 52.5 Å². The van der Waals surface area contributed by atoms with Crippen molar-refractivity contribution >= 4 is 11.6 Å². The maximum absolute atomic E-state index is 13.0. The van der Waals surface area contributed by atoms with Crippen molar-refractivity contribution in [3.05, 3.63) is 58.4 Å². The van der Waals surface area contributed by atoms with E-state index in [1.165, 1.54) is 12.1 Å². The molecular formula is C14H13ClFNO2. The lowest BCUT2D eigenvalue weighted by Crippen LogP contribution is -2.12. The van der Waals surface area contributed by atoms with Crippen molar-refractivity contribution in [1.82, 2.24) is 5.32 Å². The van der Waals surface area contributed by atoms with Crippen LogP contribution in [0.3, 0.4) is 0 Å². The van der Waals surface area contributed by atoms with Crippen molar-refractivity contribution in [1.29, 1.82) is 0 Å². The molecule has 19 heavy (non-hydrogen) atoms. The molecule has 100 valence electrons. The summed E-state index contributed by atoms with van der Waals surface area (Å²) in [6.45, 7) is 0.865. The van der Waals surface area contributed by atoms with Gasteiger partial charge in [-0.25, -0.2) is 4.39 Å². The van der Waals surface area contributed by atoms with Gasteiger partial charge >= 0.3 is 0 Å². The lowest BCUT2D eigenvalue weighted by Gasteiger charge is -2.08. The SMILES string of the molecule is Oc1cccc(CNCc2ccc(F)c(Cl)c2)c1O. The molecule has 0 aromatic heterocycles. The summed E-state index contributed by atoms with van der Waals surface area (Å²) in [7, 11) is 0. The van der Waals surface area contributed by atoms with Gasteiger partial charge in [-0.15, -0.1) is 0 Å². The highest BCUT2D eigenvalue weighted by atomic mass is 35.5. The van der Waals surface area contributed by atoms with Crippen LogP contribution in [-0.2, 0) is 13.1 Å². The lowest BCUT2D eigenvalue weighted by molar-refractivity contribution is 0.397. The van der Waals surface area contributed by atoms with Crippen LogP contribution in [0, 0.1) is 5.82 Å². The van der Waals surface area contributed by atoms with Crippen LogP contribution in [0.25, 0.3) is 0 Å². The Morgan fingerprint density at radius 1 is 1.11 bits per heavy atom. The molecule has 0 heterocycles. The molecule has 3 nitrogen and oxygen atoms in total. The summed E-state index contributed by atoms with van der Waals surface area (Å²) in [6, 6.07) is 9.27. The van der Waals surface area contributed by atoms with Gasteiger partial charge in [0.05, 0.1) is 5.02 Å². The Labute approximate surface area is 115 Å². The average molecular weight is 282 g/mol. The molecular weight excluding hydrogens is 269 g/mol. The summed E-state index contributed by atoms with van der Waals surface area (Å²) in [5.41, 5.74) is 1.43. The largest absolute Gasteiger partial charge is 0.504 e. The maximum atomic E-state index is 13.0. The Kier molecular flexibility index (Phi) is 4.24. The van der Waals surface area contributed by atoms with Crippen LogP contribution in [-0.4, -0.2) is 10.2 Å². The number of hydrogen-bond acceptors (Lipinski definition) is 3. The molecule has 0 amide bonds. The fourth-order valence-corrected chi connectivity index (χ4v) is 1.91. The zero-order chi connectivity index (χ0) is 13.8. The fraction of sp³-hybridized carbons (Fsp3) is 0.143. The van der Waals surface area contributed by atoms with Gasteiger partial charge in [0.1, 0.15) is 5.82 Å². The van der Waals surface area contributed by atoms with E-state index in [9.17, 15) is 14.6 Å². The second kappa shape index (κ2) is 5.91. The first kappa shape index (κ1) is 13.6. The molecule has 2 aromatic carbocycles. The highest BCUT2D eigenvalue weighted by molar-refractivity contribution is 6.30. The van der Waals surface area contributed by atoms with Crippen LogP contribution >= 0.6 is 11.6 Å². The molecule has 2 rings (SSSR count). The minimum atomic E-state index is -0.448. The van der Waals surface area contributed by atoms with Crippen molar-refractivity contribution in [2.45, 2.75) is 13.1 Å².